The topological polar surface area (TPSA) is 128 Å². The molecule has 2 fully saturated rings. The van der Waals surface area contributed by atoms with Crippen molar-refractivity contribution >= 4 is 28.9 Å². The number of para-hydroxylation sites is 1. The monoisotopic (exact) mass is 488 g/mol. The van der Waals surface area contributed by atoms with Crippen molar-refractivity contribution in [3.8, 4) is 5.75 Å². The molecule has 0 radical (unpaired) electrons. The predicted octanol–water partition coefficient (Wildman–Crippen LogP) is 2.65. The molecular formula is C27H28N4O5. The Morgan fingerprint density at radius 2 is 1.81 bits per heavy atom. The van der Waals surface area contributed by atoms with Gasteiger partial charge in [0.2, 0.25) is 5.91 Å². The lowest BCUT2D eigenvalue weighted by molar-refractivity contribution is -0.127. The van der Waals surface area contributed by atoms with E-state index in [0.29, 0.717) is 32.4 Å². The van der Waals surface area contributed by atoms with Crippen molar-refractivity contribution in [2.45, 2.75) is 38.3 Å². The van der Waals surface area contributed by atoms with E-state index in [1.807, 2.05) is 37.3 Å². The number of carbonyl (C=O) groups is 2. The molecule has 0 aromatic heterocycles. The van der Waals surface area contributed by atoms with Crippen LogP contribution in [-0.4, -0.2) is 41.0 Å². The Kier molecular flexibility index (Phi) is 6.22. The molecule has 9 nitrogen and oxygen atoms in total. The van der Waals surface area contributed by atoms with Crippen molar-refractivity contribution in [2.24, 2.45) is 5.92 Å². The van der Waals surface area contributed by atoms with Crippen molar-refractivity contribution < 1.29 is 14.7 Å². The highest BCUT2D eigenvalue weighted by molar-refractivity contribution is 6.00. The molecule has 3 aromatic carbocycles. The zero-order chi connectivity index (χ0) is 25.4. The molecule has 3 unspecified atom stereocenters. The van der Waals surface area contributed by atoms with E-state index in [1.54, 1.807) is 17.0 Å². The molecule has 3 atom stereocenters. The van der Waals surface area contributed by atoms with E-state index >= 15 is 0 Å². The van der Waals surface area contributed by atoms with E-state index in [1.165, 1.54) is 6.07 Å². The SMILES string of the molecule is CCC(Nc1c(Nc2cccc(C(=O)N3CCC4C(=O)NCCC43)c2O)c(=O)c1=O)c1ccccc1. The van der Waals surface area contributed by atoms with Gasteiger partial charge in [-0.3, -0.25) is 19.2 Å². The number of hydrogen-bond donors (Lipinski definition) is 4. The summed E-state index contributed by atoms with van der Waals surface area (Å²) in [5.41, 5.74) is 0.109. The molecule has 0 saturated carbocycles. The fraction of sp³-hybridized carbons (Fsp3) is 0.333. The van der Waals surface area contributed by atoms with Gasteiger partial charge < -0.3 is 26.0 Å². The second kappa shape index (κ2) is 9.49. The summed E-state index contributed by atoms with van der Waals surface area (Å²) in [6.45, 7) is 2.92. The number of hydrogen-bond acceptors (Lipinski definition) is 7. The Morgan fingerprint density at radius 1 is 1.06 bits per heavy atom. The third-order valence-corrected chi connectivity index (χ3v) is 7.25. The second-order valence-electron chi connectivity index (χ2n) is 9.29. The maximum Gasteiger partial charge on any atom is 0.257 e. The zero-order valence-corrected chi connectivity index (χ0v) is 19.9. The first kappa shape index (κ1) is 23.6. The first-order valence-electron chi connectivity index (χ1n) is 12.2. The Hall–Kier alpha value is -4.14. The van der Waals surface area contributed by atoms with E-state index in [-0.39, 0.29) is 58.2 Å². The number of anilines is 3. The molecule has 4 N–H and O–H groups in total. The summed E-state index contributed by atoms with van der Waals surface area (Å²) in [5.74, 6) is -0.945. The van der Waals surface area contributed by atoms with Crippen LogP contribution in [0.1, 0.15) is 48.1 Å². The Morgan fingerprint density at radius 3 is 2.56 bits per heavy atom. The lowest BCUT2D eigenvalue weighted by Gasteiger charge is -2.31. The largest absolute Gasteiger partial charge is 0.505 e. The molecule has 9 heteroatoms. The van der Waals surface area contributed by atoms with Gasteiger partial charge in [0.15, 0.2) is 5.75 Å². The highest BCUT2D eigenvalue weighted by atomic mass is 16.3. The molecule has 0 aliphatic carbocycles. The van der Waals surface area contributed by atoms with Crippen LogP contribution in [0.3, 0.4) is 0 Å². The van der Waals surface area contributed by atoms with Gasteiger partial charge in [0.1, 0.15) is 11.4 Å². The Balaban J connectivity index is 1.38. The van der Waals surface area contributed by atoms with Crippen molar-refractivity contribution in [2.75, 3.05) is 23.7 Å². The number of rotatable bonds is 7. The van der Waals surface area contributed by atoms with E-state index < -0.39 is 10.9 Å². The molecule has 36 heavy (non-hydrogen) atoms. The minimum atomic E-state index is -0.688. The highest BCUT2D eigenvalue weighted by Crippen LogP contribution is 2.36. The number of nitrogens with zero attached hydrogens (tertiary/aromatic N) is 1. The molecule has 2 saturated heterocycles. The van der Waals surface area contributed by atoms with Crippen LogP contribution in [0.25, 0.3) is 0 Å². The lowest BCUT2D eigenvalue weighted by atomic mass is 9.93. The average Bonchev–Trinajstić information content (AvgIpc) is 3.34. The van der Waals surface area contributed by atoms with Gasteiger partial charge in [0.25, 0.3) is 16.8 Å². The van der Waals surface area contributed by atoms with E-state index in [4.69, 9.17) is 0 Å². The summed E-state index contributed by atoms with van der Waals surface area (Å²) in [6.07, 6.45) is 1.94. The smallest absolute Gasteiger partial charge is 0.257 e. The number of phenols is 1. The third kappa shape index (κ3) is 4.00. The quantitative estimate of drug-likeness (QED) is 0.297. The number of likely N-dealkylation sites (tertiary alicyclic amines) is 1. The van der Waals surface area contributed by atoms with Crippen LogP contribution in [-0.2, 0) is 4.79 Å². The molecule has 5 rings (SSSR count). The molecule has 0 spiro atoms. The number of aromatic hydroxyl groups is 1. The molecule has 186 valence electrons. The van der Waals surface area contributed by atoms with Gasteiger partial charge in [0, 0.05) is 19.1 Å². The van der Waals surface area contributed by atoms with Gasteiger partial charge in [0.05, 0.1) is 23.2 Å². The summed E-state index contributed by atoms with van der Waals surface area (Å²) in [7, 11) is 0. The van der Waals surface area contributed by atoms with Gasteiger partial charge in [-0.15, -0.1) is 0 Å². The number of fused-ring (bicyclic) bond motifs is 1. The van der Waals surface area contributed by atoms with E-state index in [2.05, 4.69) is 16.0 Å². The van der Waals surface area contributed by atoms with Crippen LogP contribution >= 0.6 is 0 Å². The summed E-state index contributed by atoms with van der Waals surface area (Å²) in [6, 6.07) is 13.9. The van der Waals surface area contributed by atoms with Crippen LogP contribution in [0.5, 0.6) is 5.75 Å². The van der Waals surface area contributed by atoms with Gasteiger partial charge in [-0.05, 0) is 37.0 Å². The van der Waals surface area contributed by atoms with Crippen LogP contribution < -0.4 is 26.8 Å². The fourth-order valence-corrected chi connectivity index (χ4v) is 5.28. The normalized spacial score (nSPS) is 20.0. The average molecular weight is 489 g/mol. The van der Waals surface area contributed by atoms with Crippen LogP contribution in [0.4, 0.5) is 17.1 Å². The molecule has 2 aliphatic heterocycles. The van der Waals surface area contributed by atoms with Gasteiger partial charge in [-0.1, -0.05) is 43.3 Å². The number of phenolic OH excluding ortho intramolecular Hbond substituents is 1. The fourth-order valence-electron chi connectivity index (χ4n) is 5.28. The molecule has 2 aliphatic rings. The summed E-state index contributed by atoms with van der Waals surface area (Å²) < 4.78 is 0. The lowest BCUT2D eigenvalue weighted by Crippen LogP contribution is -2.48. The third-order valence-electron chi connectivity index (χ3n) is 7.25. The molecule has 0 bridgehead atoms. The van der Waals surface area contributed by atoms with Gasteiger partial charge in [-0.25, -0.2) is 0 Å². The first-order valence-corrected chi connectivity index (χ1v) is 12.2. The maximum absolute atomic E-state index is 13.3. The van der Waals surface area contributed by atoms with Crippen LogP contribution in [0.15, 0.2) is 58.1 Å². The van der Waals surface area contributed by atoms with Crippen molar-refractivity contribution in [3.63, 3.8) is 0 Å². The number of amides is 2. The van der Waals surface area contributed by atoms with E-state index in [0.717, 1.165) is 5.56 Å². The zero-order valence-electron chi connectivity index (χ0n) is 19.9. The predicted molar refractivity (Wildman–Crippen MR) is 136 cm³/mol. The van der Waals surface area contributed by atoms with E-state index in [9.17, 15) is 24.3 Å². The summed E-state index contributed by atoms with van der Waals surface area (Å²) >= 11 is 0. The molecule has 2 amide bonds. The second-order valence-corrected chi connectivity index (χ2v) is 9.29. The minimum absolute atomic E-state index is 0.0396. The number of carbonyl (C=O) groups excluding carboxylic acids is 2. The highest BCUT2D eigenvalue weighted by Gasteiger charge is 2.43. The number of benzene rings is 2. The summed E-state index contributed by atoms with van der Waals surface area (Å²) in [5, 5.41) is 19.8. The minimum Gasteiger partial charge on any atom is -0.505 e. The Bertz CT molecular complexity index is 1380. The number of piperidine rings is 1. The van der Waals surface area contributed by atoms with Crippen molar-refractivity contribution in [1.29, 1.82) is 0 Å². The molecule has 2 heterocycles. The number of nitrogens with one attached hydrogen (secondary N) is 3. The molecular weight excluding hydrogens is 460 g/mol. The van der Waals surface area contributed by atoms with Gasteiger partial charge >= 0.3 is 0 Å². The first-order chi connectivity index (χ1) is 17.4. The maximum atomic E-state index is 13.3. The van der Waals surface area contributed by atoms with Crippen LogP contribution in [0, 0.1) is 5.92 Å². The standard InChI is InChI=1S/C27H28N4O5/c1-2-18(15-7-4-3-5-8-15)29-21-22(25(34)24(21)33)30-19-10-6-9-17(23(19)32)27(36)31-14-12-16-20(31)11-13-28-26(16)35/h3-10,16,18,20,29-30,32H,2,11-14H2,1H3,(H,28,35). The summed E-state index contributed by atoms with van der Waals surface area (Å²) in [4.78, 5) is 51.9. The Labute approximate surface area is 207 Å². The van der Waals surface area contributed by atoms with Gasteiger partial charge in [-0.2, -0.15) is 0 Å². The van der Waals surface area contributed by atoms with Crippen LogP contribution in [0.2, 0.25) is 0 Å². The van der Waals surface area contributed by atoms with Crippen molar-refractivity contribution in [3.05, 3.63) is 80.1 Å². The van der Waals surface area contributed by atoms with Crippen molar-refractivity contribution in [1.82, 2.24) is 10.2 Å². The molecule has 3 aromatic rings.